The lowest BCUT2D eigenvalue weighted by molar-refractivity contribution is 0.168. The average molecular weight is 344 g/mol. The molecule has 0 saturated heterocycles. The summed E-state index contributed by atoms with van der Waals surface area (Å²) in [6, 6.07) is 6.83. The first kappa shape index (κ1) is 17.2. The molecule has 1 heteroatoms. The van der Waals surface area contributed by atoms with E-state index in [1.807, 2.05) is 0 Å². The van der Waals surface area contributed by atoms with Crippen LogP contribution in [0.3, 0.4) is 0 Å². The fraction of sp³-hybridized carbons (Fsp3) is 0.440. The Morgan fingerprint density at radius 2 is 1.88 bits per heavy atom. The summed E-state index contributed by atoms with van der Waals surface area (Å²) in [5, 5.41) is 0. The quantitative estimate of drug-likeness (QED) is 0.529. The highest BCUT2D eigenvalue weighted by molar-refractivity contribution is 5.64. The summed E-state index contributed by atoms with van der Waals surface area (Å²) in [7, 11) is 2.29. The fourth-order valence-corrected chi connectivity index (χ4v) is 4.81. The van der Waals surface area contributed by atoms with Gasteiger partial charge in [0.15, 0.2) is 0 Å². The van der Waals surface area contributed by atoms with Gasteiger partial charge < -0.3 is 4.90 Å². The van der Waals surface area contributed by atoms with Crippen LogP contribution in [-0.2, 0) is 5.41 Å². The minimum Gasteiger partial charge on any atom is -0.369 e. The Morgan fingerprint density at radius 1 is 1.08 bits per heavy atom. The second kappa shape index (κ2) is 6.20. The molecule has 0 aromatic heterocycles. The third-order valence-corrected chi connectivity index (χ3v) is 6.49. The maximum absolute atomic E-state index is 3.41. The Labute approximate surface area is 158 Å². The van der Waals surface area contributed by atoms with Crippen molar-refractivity contribution in [1.82, 2.24) is 0 Å². The van der Waals surface area contributed by atoms with E-state index in [0.29, 0.717) is 5.54 Å². The number of allylic oxidation sites excluding steroid dienone is 6. The van der Waals surface area contributed by atoms with Gasteiger partial charge in [0.2, 0.25) is 0 Å². The Kier molecular flexibility index (Phi) is 4.11. The van der Waals surface area contributed by atoms with E-state index in [0.717, 1.165) is 12.0 Å². The van der Waals surface area contributed by atoms with Crippen LogP contribution in [0.5, 0.6) is 0 Å². The molecule has 0 unspecified atom stereocenters. The first-order chi connectivity index (χ1) is 12.4. The molecule has 134 valence electrons. The predicted molar refractivity (Wildman–Crippen MR) is 112 cm³/mol. The summed E-state index contributed by atoms with van der Waals surface area (Å²) in [5.41, 5.74) is 7.06. The van der Waals surface area contributed by atoms with E-state index in [2.05, 4.69) is 87.1 Å². The number of benzene rings is 1. The third-order valence-electron chi connectivity index (χ3n) is 6.49. The zero-order chi connectivity index (χ0) is 18.4. The van der Waals surface area contributed by atoms with Crippen LogP contribution in [0.4, 0.5) is 5.69 Å². The fourth-order valence-electron chi connectivity index (χ4n) is 4.81. The van der Waals surface area contributed by atoms with Crippen molar-refractivity contribution < 1.29 is 0 Å². The molecule has 3 aliphatic rings. The highest BCUT2D eigenvalue weighted by Gasteiger charge is 2.49. The van der Waals surface area contributed by atoms with Crippen molar-refractivity contribution in [3.05, 3.63) is 64.8 Å². The molecule has 1 heterocycles. The molecule has 0 atom stereocenters. The normalized spacial score (nSPS) is 22.4. The van der Waals surface area contributed by atoms with Gasteiger partial charge >= 0.3 is 0 Å². The van der Waals surface area contributed by atoms with Crippen LogP contribution < -0.4 is 4.90 Å². The lowest BCUT2D eigenvalue weighted by Gasteiger charge is -2.57. The van der Waals surface area contributed by atoms with E-state index in [1.54, 1.807) is 0 Å². The largest absolute Gasteiger partial charge is 0.369 e. The Hall–Kier alpha value is -2.20. The maximum Gasteiger partial charge on any atom is 0.0407 e. The van der Waals surface area contributed by atoms with Crippen molar-refractivity contribution in [3.63, 3.8) is 0 Å². The number of anilines is 1. The first-order valence-corrected chi connectivity index (χ1v) is 9.84. The third kappa shape index (κ3) is 2.92. The smallest absolute Gasteiger partial charge is 0.0407 e. The molecule has 0 amide bonds. The highest BCUT2D eigenvalue weighted by atomic mass is 15.2. The number of rotatable bonds is 0. The van der Waals surface area contributed by atoms with Gasteiger partial charge in [-0.2, -0.15) is 0 Å². The number of hydrogen-bond donors (Lipinski definition) is 0. The Morgan fingerprint density at radius 3 is 2.62 bits per heavy atom. The van der Waals surface area contributed by atoms with Crippen molar-refractivity contribution in [2.45, 2.75) is 63.8 Å². The Balaban J connectivity index is 1.66. The van der Waals surface area contributed by atoms with E-state index in [1.165, 1.54) is 48.1 Å². The number of nitrogens with zero attached hydrogens (tertiary/aromatic N) is 1. The monoisotopic (exact) mass is 343 g/mol. The van der Waals surface area contributed by atoms with Gasteiger partial charge in [-0.05, 0) is 68.2 Å². The molecule has 0 radical (unpaired) electrons. The van der Waals surface area contributed by atoms with Crippen LogP contribution in [0.25, 0.3) is 0 Å². The van der Waals surface area contributed by atoms with E-state index < -0.39 is 0 Å². The molecule has 26 heavy (non-hydrogen) atoms. The summed E-state index contributed by atoms with van der Waals surface area (Å²) in [6.45, 7) is 6.94. The Bertz CT molecular complexity index is 878. The SMILES string of the molecule is CC1=CC=C(C#Cc2ccc3c(c2)C(C)(C)CC2(CCC2)N3C)CC=C1. The van der Waals surface area contributed by atoms with Gasteiger partial charge in [0.1, 0.15) is 0 Å². The van der Waals surface area contributed by atoms with Crippen LogP contribution >= 0.6 is 0 Å². The van der Waals surface area contributed by atoms with Gasteiger partial charge in [-0.15, -0.1) is 0 Å². The van der Waals surface area contributed by atoms with Crippen molar-refractivity contribution in [3.8, 4) is 11.8 Å². The molecule has 1 aliphatic heterocycles. The van der Waals surface area contributed by atoms with Gasteiger partial charge in [-0.1, -0.05) is 55.6 Å². The zero-order valence-corrected chi connectivity index (χ0v) is 16.5. The first-order valence-electron chi connectivity index (χ1n) is 9.84. The lowest BCUT2D eigenvalue weighted by atomic mass is 9.61. The van der Waals surface area contributed by atoms with E-state index in [4.69, 9.17) is 0 Å². The van der Waals surface area contributed by atoms with Crippen LogP contribution in [0, 0.1) is 11.8 Å². The molecular weight excluding hydrogens is 314 g/mol. The van der Waals surface area contributed by atoms with Gasteiger partial charge in [0.05, 0.1) is 0 Å². The molecule has 1 fully saturated rings. The molecular formula is C25H29N. The molecule has 1 aromatic rings. The molecule has 0 N–H and O–H groups in total. The van der Waals surface area contributed by atoms with Crippen LogP contribution in [0.1, 0.15) is 64.0 Å². The van der Waals surface area contributed by atoms with Gasteiger partial charge in [0, 0.05) is 29.4 Å². The molecule has 1 aromatic carbocycles. The molecule has 4 rings (SSSR count). The summed E-state index contributed by atoms with van der Waals surface area (Å²) >= 11 is 0. The van der Waals surface area contributed by atoms with Crippen LogP contribution in [0.2, 0.25) is 0 Å². The second-order valence-electron chi connectivity index (χ2n) is 8.89. The van der Waals surface area contributed by atoms with Gasteiger partial charge in [-0.3, -0.25) is 0 Å². The highest BCUT2D eigenvalue weighted by Crippen LogP contribution is 2.53. The molecule has 1 nitrogen and oxygen atoms in total. The molecule has 0 bridgehead atoms. The summed E-state index contributed by atoms with van der Waals surface area (Å²) in [4.78, 5) is 2.56. The average Bonchev–Trinajstić information content (AvgIpc) is 2.79. The van der Waals surface area contributed by atoms with E-state index in [-0.39, 0.29) is 5.41 Å². The molecule has 2 aliphatic carbocycles. The van der Waals surface area contributed by atoms with E-state index >= 15 is 0 Å². The van der Waals surface area contributed by atoms with Crippen molar-refractivity contribution in [2.75, 3.05) is 11.9 Å². The lowest BCUT2D eigenvalue weighted by Crippen LogP contribution is -2.58. The van der Waals surface area contributed by atoms with Crippen molar-refractivity contribution >= 4 is 5.69 Å². The van der Waals surface area contributed by atoms with Crippen molar-refractivity contribution in [2.24, 2.45) is 0 Å². The van der Waals surface area contributed by atoms with Crippen LogP contribution in [-0.4, -0.2) is 12.6 Å². The number of fused-ring (bicyclic) bond motifs is 1. The summed E-state index contributed by atoms with van der Waals surface area (Å²) in [5.74, 6) is 6.79. The zero-order valence-electron chi connectivity index (χ0n) is 16.5. The standard InChI is InChI=1S/C25H29N/c1-19-7-5-8-20(10-9-19)11-12-21-13-14-23-22(17-21)24(2,3)18-25(26(23)4)15-6-16-25/h5,7,9-10,13-14,17H,6,8,15-16,18H2,1-4H3. The number of hydrogen-bond acceptors (Lipinski definition) is 1. The second-order valence-corrected chi connectivity index (χ2v) is 8.89. The summed E-state index contributed by atoms with van der Waals surface area (Å²) < 4.78 is 0. The van der Waals surface area contributed by atoms with Crippen LogP contribution in [0.15, 0.2) is 53.6 Å². The van der Waals surface area contributed by atoms with E-state index in [9.17, 15) is 0 Å². The molecule has 1 spiro atoms. The molecule has 1 saturated carbocycles. The minimum absolute atomic E-state index is 0.212. The minimum atomic E-state index is 0.212. The van der Waals surface area contributed by atoms with Gasteiger partial charge in [-0.25, -0.2) is 0 Å². The topological polar surface area (TPSA) is 3.24 Å². The predicted octanol–water partition coefficient (Wildman–Crippen LogP) is 5.91. The maximum atomic E-state index is 3.41. The summed E-state index contributed by atoms with van der Waals surface area (Å²) in [6.07, 6.45) is 14.9. The van der Waals surface area contributed by atoms with Gasteiger partial charge in [0.25, 0.3) is 0 Å². The van der Waals surface area contributed by atoms with Crippen molar-refractivity contribution in [1.29, 1.82) is 0 Å².